The maximum absolute atomic E-state index is 12.1. The highest BCUT2D eigenvalue weighted by Gasteiger charge is 2.16. The molecular formula is C14H18N4O4S2. The molecule has 0 aliphatic heterocycles. The summed E-state index contributed by atoms with van der Waals surface area (Å²) < 4.78 is 52.9. The van der Waals surface area contributed by atoms with Gasteiger partial charge in [0.15, 0.2) is 0 Å². The molecule has 2 aromatic carbocycles. The molecule has 0 heterocycles. The lowest BCUT2D eigenvalue weighted by molar-refractivity contribution is 0.570. The summed E-state index contributed by atoms with van der Waals surface area (Å²) in [5.74, 6) is 0. The summed E-state index contributed by atoms with van der Waals surface area (Å²) in [4.78, 5) is 0.0300. The second kappa shape index (κ2) is 7.18. The van der Waals surface area contributed by atoms with Gasteiger partial charge in [0.2, 0.25) is 20.0 Å². The second-order valence-corrected chi connectivity index (χ2v) is 8.47. The van der Waals surface area contributed by atoms with Crippen LogP contribution in [0, 0.1) is 0 Å². The van der Waals surface area contributed by atoms with Gasteiger partial charge in [-0.05, 0) is 36.4 Å². The van der Waals surface area contributed by atoms with E-state index in [1.165, 1.54) is 36.4 Å². The average molecular weight is 370 g/mol. The fraction of sp³-hybridized carbons (Fsp3) is 0.143. The van der Waals surface area contributed by atoms with Crippen LogP contribution in [0.3, 0.4) is 0 Å². The number of nitrogen functional groups attached to an aromatic ring is 2. The fourth-order valence-corrected chi connectivity index (χ4v) is 4.07. The van der Waals surface area contributed by atoms with E-state index in [1.807, 2.05) is 0 Å². The highest BCUT2D eigenvalue weighted by Crippen LogP contribution is 2.13. The predicted molar refractivity (Wildman–Crippen MR) is 92.1 cm³/mol. The van der Waals surface area contributed by atoms with Gasteiger partial charge in [-0.3, -0.25) is 0 Å². The normalized spacial score (nSPS) is 12.2. The summed E-state index contributed by atoms with van der Waals surface area (Å²) in [6, 6.07) is 11.6. The number of nitrogens with two attached hydrogens (primary N) is 2. The SMILES string of the molecule is Nc1cccc(S(=O)(=O)NCCNS(=O)(=O)c2cccc(N)c2)c1. The monoisotopic (exact) mass is 370 g/mol. The van der Waals surface area contributed by atoms with Gasteiger partial charge in [0, 0.05) is 24.5 Å². The van der Waals surface area contributed by atoms with Gasteiger partial charge in [0.05, 0.1) is 9.79 Å². The van der Waals surface area contributed by atoms with Crippen LogP contribution in [-0.2, 0) is 20.0 Å². The first kappa shape index (κ1) is 18.2. The van der Waals surface area contributed by atoms with Crippen LogP contribution in [0.25, 0.3) is 0 Å². The van der Waals surface area contributed by atoms with Crippen molar-refractivity contribution < 1.29 is 16.8 Å². The molecule has 0 fully saturated rings. The third kappa shape index (κ3) is 4.68. The molecule has 0 spiro atoms. The predicted octanol–water partition coefficient (Wildman–Crippen LogP) is 0.108. The van der Waals surface area contributed by atoms with Crippen molar-refractivity contribution in [3.63, 3.8) is 0 Å². The van der Waals surface area contributed by atoms with Gasteiger partial charge in [-0.25, -0.2) is 26.3 Å². The van der Waals surface area contributed by atoms with E-state index in [0.29, 0.717) is 11.4 Å². The van der Waals surface area contributed by atoms with Crippen LogP contribution in [0.5, 0.6) is 0 Å². The molecule has 2 aromatic rings. The molecule has 0 saturated heterocycles. The maximum atomic E-state index is 12.1. The van der Waals surface area contributed by atoms with Crippen molar-refractivity contribution in [1.29, 1.82) is 0 Å². The van der Waals surface area contributed by atoms with Crippen LogP contribution in [0.2, 0.25) is 0 Å². The smallest absolute Gasteiger partial charge is 0.240 e. The van der Waals surface area contributed by atoms with Gasteiger partial charge in [-0.15, -0.1) is 0 Å². The van der Waals surface area contributed by atoms with E-state index < -0.39 is 20.0 Å². The van der Waals surface area contributed by atoms with Crippen LogP contribution in [0.1, 0.15) is 0 Å². The number of anilines is 2. The number of hydrogen-bond acceptors (Lipinski definition) is 6. The molecule has 6 N–H and O–H groups in total. The Bertz CT molecular complexity index is 850. The highest BCUT2D eigenvalue weighted by atomic mass is 32.2. The number of sulfonamides is 2. The standard InChI is InChI=1S/C14H18N4O4S2/c15-11-3-1-5-13(9-11)23(19,20)17-7-8-18-24(21,22)14-6-2-4-12(16)10-14/h1-6,9-10,17-18H,7-8,15-16H2. The van der Waals surface area contributed by atoms with Crippen LogP contribution < -0.4 is 20.9 Å². The fourth-order valence-electron chi connectivity index (χ4n) is 1.90. The number of rotatable bonds is 7. The Kier molecular flexibility index (Phi) is 5.44. The van der Waals surface area contributed by atoms with E-state index in [2.05, 4.69) is 9.44 Å². The molecule has 0 saturated carbocycles. The molecule has 8 nitrogen and oxygen atoms in total. The van der Waals surface area contributed by atoms with Crippen molar-refractivity contribution in [3.05, 3.63) is 48.5 Å². The zero-order valence-corrected chi connectivity index (χ0v) is 14.3. The summed E-state index contributed by atoms with van der Waals surface area (Å²) in [6.07, 6.45) is 0. The van der Waals surface area contributed by atoms with Crippen molar-refractivity contribution in [2.24, 2.45) is 0 Å². The Morgan fingerprint density at radius 3 is 1.42 bits per heavy atom. The van der Waals surface area contributed by atoms with E-state index in [4.69, 9.17) is 11.5 Å². The lowest BCUT2D eigenvalue weighted by Crippen LogP contribution is -2.34. The Hall–Kier alpha value is -2.14. The molecule has 0 unspecified atom stereocenters. The van der Waals surface area contributed by atoms with Crippen LogP contribution >= 0.6 is 0 Å². The Balaban J connectivity index is 1.95. The lowest BCUT2D eigenvalue weighted by atomic mass is 10.3. The molecule has 130 valence electrons. The van der Waals surface area contributed by atoms with Gasteiger partial charge >= 0.3 is 0 Å². The van der Waals surface area contributed by atoms with Crippen LogP contribution in [0.15, 0.2) is 58.3 Å². The average Bonchev–Trinajstić information content (AvgIpc) is 2.52. The first-order valence-corrected chi connectivity index (χ1v) is 9.88. The summed E-state index contributed by atoms with van der Waals surface area (Å²) >= 11 is 0. The molecule has 0 bridgehead atoms. The molecule has 2 rings (SSSR count). The third-order valence-electron chi connectivity index (χ3n) is 3.05. The van der Waals surface area contributed by atoms with Crippen LogP contribution in [-0.4, -0.2) is 29.9 Å². The minimum atomic E-state index is -3.76. The minimum absolute atomic E-state index is 0.0150. The first-order valence-electron chi connectivity index (χ1n) is 6.91. The maximum Gasteiger partial charge on any atom is 0.240 e. The van der Waals surface area contributed by atoms with E-state index in [9.17, 15) is 16.8 Å². The first-order chi connectivity index (χ1) is 11.2. The van der Waals surface area contributed by atoms with Crippen molar-refractivity contribution in [1.82, 2.24) is 9.44 Å². The van der Waals surface area contributed by atoms with Gasteiger partial charge in [0.25, 0.3) is 0 Å². The molecular weight excluding hydrogens is 352 g/mol. The summed E-state index contributed by atoms with van der Waals surface area (Å²) in [5.41, 5.74) is 11.7. The summed E-state index contributed by atoms with van der Waals surface area (Å²) in [6.45, 7) is -0.225. The summed E-state index contributed by atoms with van der Waals surface area (Å²) in [5, 5.41) is 0. The molecule has 10 heteroatoms. The minimum Gasteiger partial charge on any atom is -0.399 e. The van der Waals surface area contributed by atoms with E-state index >= 15 is 0 Å². The van der Waals surface area contributed by atoms with Crippen molar-refractivity contribution >= 4 is 31.4 Å². The highest BCUT2D eigenvalue weighted by molar-refractivity contribution is 7.90. The topological polar surface area (TPSA) is 144 Å². The van der Waals surface area contributed by atoms with Crippen molar-refractivity contribution in [2.45, 2.75) is 9.79 Å². The molecule has 0 aliphatic rings. The zero-order valence-electron chi connectivity index (χ0n) is 12.6. The summed E-state index contributed by atoms with van der Waals surface area (Å²) in [7, 11) is -7.51. The molecule has 0 radical (unpaired) electrons. The number of hydrogen-bond donors (Lipinski definition) is 4. The second-order valence-electron chi connectivity index (χ2n) is 4.94. The lowest BCUT2D eigenvalue weighted by Gasteiger charge is -2.09. The molecule has 0 amide bonds. The van der Waals surface area contributed by atoms with Gasteiger partial charge in [-0.1, -0.05) is 12.1 Å². The zero-order chi connectivity index (χ0) is 17.8. The van der Waals surface area contributed by atoms with E-state index in [-0.39, 0.29) is 22.9 Å². The van der Waals surface area contributed by atoms with Gasteiger partial charge in [-0.2, -0.15) is 0 Å². The van der Waals surface area contributed by atoms with Crippen molar-refractivity contribution in [3.8, 4) is 0 Å². The molecule has 0 aromatic heterocycles. The Labute approximate surface area is 141 Å². The molecule has 0 atom stereocenters. The number of benzene rings is 2. The number of nitrogens with one attached hydrogen (secondary N) is 2. The van der Waals surface area contributed by atoms with Gasteiger partial charge < -0.3 is 11.5 Å². The largest absolute Gasteiger partial charge is 0.399 e. The van der Waals surface area contributed by atoms with E-state index in [1.54, 1.807) is 12.1 Å². The van der Waals surface area contributed by atoms with Gasteiger partial charge in [0.1, 0.15) is 0 Å². The molecule has 24 heavy (non-hydrogen) atoms. The Morgan fingerprint density at radius 1 is 0.708 bits per heavy atom. The van der Waals surface area contributed by atoms with Crippen LogP contribution in [0.4, 0.5) is 11.4 Å². The van der Waals surface area contributed by atoms with E-state index in [0.717, 1.165) is 0 Å². The quantitative estimate of drug-likeness (QED) is 0.402. The molecule has 0 aliphatic carbocycles. The van der Waals surface area contributed by atoms with Crippen molar-refractivity contribution in [2.75, 3.05) is 24.6 Å². The third-order valence-corrected chi connectivity index (χ3v) is 5.96. The Morgan fingerprint density at radius 2 is 1.08 bits per heavy atom.